The molecule has 0 aliphatic carbocycles. The smallest absolute Gasteiger partial charge is 0.0991 e. The van der Waals surface area contributed by atoms with Crippen LogP contribution >= 0.6 is 11.8 Å². The zero-order valence-electron chi connectivity index (χ0n) is 10.7. The fraction of sp³-hybridized carbons (Fsp3) is 0.188. The Labute approximate surface area is 117 Å². The number of aliphatic hydroxyl groups is 1. The Morgan fingerprint density at radius 1 is 1.11 bits per heavy atom. The molecule has 0 aliphatic heterocycles. The number of nitrogens with zero attached hydrogens (tertiary/aromatic N) is 1. The quantitative estimate of drug-likeness (QED) is 0.856. The van der Waals surface area contributed by atoms with E-state index in [2.05, 4.69) is 6.07 Å². The van der Waals surface area contributed by atoms with Gasteiger partial charge in [0.25, 0.3) is 0 Å². The van der Waals surface area contributed by atoms with E-state index in [1.165, 1.54) is 10.5 Å². The van der Waals surface area contributed by atoms with Crippen LogP contribution in [0.15, 0.2) is 53.4 Å². The maximum absolute atomic E-state index is 9.44. The van der Waals surface area contributed by atoms with Crippen molar-refractivity contribution in [1.29, 1.82) is 5.26 Å². The molecule has 0 heterocycles. The first-order valence-electron chi connectivity index (χ1n) is 6.09. The SMILES string of the molecule is CC(O)c1ccc(SCc2ccc(C#N)cc2)cc1. The summed E-state index contributed by atoms with van der Waals surface area (Å²) in [4.78, 5) is 1.17. The average molecular weight is 269 g/mol. The van der Waals surface area contributed by atoms with E-state index in [1.807, 2.05) is 48.5 Å². The number of benzene rings is 2. The molecule has 2 nitrogen and oxygen atoms in total. The Hall–Kier alpha value is -1.76. The van der Waals surface area contributed by atoms with E-state index in [0.717, 1.165) is 11.3 Å². The lowest BCUT2D eigenvalue weighted by Gasteiger charge is -2.06. The monoisotopic (exact) mass is 269 g/mol. The molecule has 0 radical (unpaired) electrons. The van der Waals surface area contributed by atoms with Crippen LogP contribution in [0.2, 0.25) is 0 Å². The van der Waals surface area contributed by atoms with Gasteiger partial charge in [0.05, 0.1) is 17.7 Å². The molecule has 0 saturated carbocycles. The molecule has 1 N–H and O–H groups in total. The van der Waals surface area contributed by atoms with Crippen LogP contribution in [0, 0.1) is 11.3 Å². The standard InChI is InChI=1S/C16H15NOS/c1-12(18)15-6-8-16(9-7-15)19-11-14-4-2-13(10-17)3-5-14/h2-9,12,18H,11H2,1H3. The fourth-order valence-electron chi connectivity index (χ4n) is 1.68. The topological polar surface area (TPSA) is 44.0 Å². The average Bonchev–Trinajstić information content (AvgIpc) is 2.46. The lowest BCUT2D eigenvalue weighted by Crippen LogP contribution is -1.89. The summed E-state index contributed by atoms with van der Waals surface area (Å²) in [6.45, 7) is 1.76. The van der Waals surface area contributed by atoms with Crippen LogP contribution < -0.4 is 0 Å². The predicted molar refractivity (Wildman–Crippen MR) is 77.8 cm³/mol. The van der Waals surface area contributed by atoms with Gasteiger partial charge in [0.2, 0.25) is 0 Å². The third-order valence-electron chi connectivity index (χ3n) is 2.85. The molecule has 96 valence electrons. The van der Waals surface area contributed by atoms with Crippen molar-refractivity contribution < 1.29 is 5.11 Å². The molecule has 0 bridgehead atoms. The molecule has 0 saturated heterocycles. The fourth-order valence-corrected chi connectivity index (χ4v) is 2.54. The van der Waals surface area contributed by atoms with Crippen LogP contribution in [0.1, 0.15) is 29.7 Å². The molecule has 1 atom stereocenters. The highest BCUT2D eigenvalue weighted by Crippen LogP contribution is 2.24. The Morgan fingerprint density at radius 2 is 1.74 bits per heavy atom. The van der Waals surface area contributed by atoms with E-state index in [0.29, 0.717) is 5.56 Å². The van der Waals surface area contributed by atoms with Gasteiger partial charge >= 0.3 is 0 Å². The minimum absolute atomic E-state index is 0.419. The van der Waals surface area contributed by atoms with Crippen LogP contribution in [0.3, 0.4) is 0 Å². The first kappa shape index (κ1) is 13.7. The van der Waals surface area contributed by atoms with Crippen LogP contribution in [0.5, 0.6) is 0 Å². The van der Waals surface area contributed by atoms with Crippen LogP contribution in [-0.4, -0.2) is 5.11 Å². The van der Waals surface area contributed by atoms with Gasteiger partial charge in [-0.3, -0.25) is 0 Å². The number of thioether (sulfide) groups is 1. The third-order valence-corrected chi connectivity index (χ3v) is 3.93. The van der Waals surface area contributed by atoms with Gasteiger partial charge in [-0.1, -0.05) is 24.3 Å². The van der Waals surface area contributed by atoms with Gasteiger partial charge in [0.1, 0.15) is 0 Å². The second-order valence-electron chi connectivity index (χ2n) is 4.34. The summed E-state index contributed by atoms with van der Waals surface area (Å²) in [6.07, 6.45) is -0.419. The van der Waals surface area contributed by atoms with E-state index < -0.39 is 6.10 Å². The first-order chi connectivity index (χ1) is 9.19. The van der Waals surface area contributed by atoms with Gasteiger partial charge in [-0.05, 0) is 42.3 Å². The Bertz CT molecular complexity index is 567. The minimum atomic E-state index is -0.419. The predicted octanol–water partition coefficient (Wildman–Crippen LogP) is 3.90. The largest absolute Gasteiger partial charge is 0.389 e. The Kier molecular flexibility index (Phi) is 4.62. The van der Waals surface area contributed by atoms with E-state index >= 15 is 0 Å². The molecular formula is C16H15NOS. The molecule has 0 aliphatic rings. The molecule has 0 amide bonds. The molecular weight excluding hydrogens is 254 g/mol. The molecule has 2 aromatic carbocycles. The minimum Gasteiger partial charge on any atom is -0.389 e. The third kappa shape index (κ3) is 3.85. The van der Waals surface area contributed by atoms with E-state index in [9.17, 15) is 5.11 Å². The molecule has 19 heavy (non-hydrogen) atoms. The summed E-state index contributed by atoms with van der Waals surface area (Å²) in [6, 6.07) is 17.7. The zero-order valence-corrected chi connectivity index (χ0v) is 11.5. The summed E-state index contributed by atoms with van der Waals surface area (Å²) in [5, 5.41) is 18.2. The lowest BCUT2D eigenvalue weighted by molar-refractivity contribution is 0.199. The van der Waals surface area contributed by atoms with Crippen molar-refractivity contribution in [2.45, 2.75) is 23.7 Å². The highest BCUT2D eigenvalue weighted by atomic mass is 32.2. The molecule has 3 heteroatoms. The van der Waals surface area contributed by atoms with Crippen molar-refractivity contribution in [2.75, 3.05) is 0 Å². The van der Waals surface area contributed by atoms with Gasteiger partial charge in [-0.2, -0.15) is 5.26 Å². The van der Waals surface area contributed by atoms with Gasteiger partial charge in [0, 0.05) is 10.6 Å². The molecule has 0 fully saturated rings. The summed E-state index contributed by atoms with van der Waals surface area (Å²) in [5.41, 5.74) is 2.82. The number of hydrogen-bond donors (Lipinski definition) is 1. The lowest BCUT2D eigenvalue weighted by atomic mass is 10.1. The summed E-state index contributed by atoms with van der Waals surface area (Å²) in [7, 11) is 0. The van der Waals surface area contributed by atoms with Crippen molar-refractivity contribution in [3.63, 3.8) is 0 Å². The molecule has 2 aromatic rings. The number of aliphatic hydroxyl groups excluding tert-OH is 1. The zero-order chi connectivity index (χ0) is 13.7. The highest BCUT2D eigenvalue weighted by molar-refractivity contribution is 7.98. The van der Waals surface area contributed by atoms with Crippen LogP contribution in [0.25, 0.3) is 0 Å². The number of hydrogen-bond acceptors (Lipinski definition) is 3. The molecule has 0 spiro atoms. The normalized spacial score (nSPS) is 11.8. The van der Waals surface area contributed by atoms with Gasteiger partial charge in [-0.15, -0.1) is 11.8 Å². The van der Waals surface area contributed by atoms with Crippen molar-refractivity contribution in [2.24, 2.45) is 0 Å². The number of nitriles is 1. The van der Waals surface area contributed by atoms with Crippen LogP contribution in [0.4, 0.5) is 0 Å². The second kappa shape index (κ2) is 6.42. The molecule has 0 aromatic heterocycles. The van der Waals surface area contributed by atoms with Gasteiger partial charge in [0.15, 0.2) is 0 Å². The van der Waals surface area contributed by atoms with Gasteiger partial charge in [-0.25, -0.2) is 0 Å². The summed E-state index contributed by atoms with van der Waals surface area (Å²) < 4.78 is 0. The Morgan fingerprint density at radius 3 is 2.26 bits per heavy atom. The van der Waals surface area contributed by atoms with Crippen molar-refractivity contribution in [1.82, 2.24) is 0 Å². The van der Waals surface area contributed by atoms with Gasteiger partial charge < -0.3 is 5.11 Å². The van der Waals surface area contributed by atoms with E-state index in [-0.39, 0.29) is 0 Å². The van der Waals surface area contributed by atoms with Crippen molar-refractivity contribution in [3.8, 4) is 6.07 Å². The van der Waals surface area contributed by atoms with E-state index in [1.54, 1.807) is 18.7 Å². The highest BCUT2D eigenvalue weighted by Gasteiger charge is 2.01. The maximum atomic E-state index is 9.44. The summed E-state index contributed by atoms with van der Waals surface area (Å²) in [5.74, 6) is 0.875. The van der Waals surface area contributed by atoms with E-state index in [4.69, 9.17) is 5.26 Å². The van der Waals surface area contributed by atoms with Crippen molar-refractivity contribution >= 4 is 11.8 Å². The summed E-state index contributed by atoms with van der Waals surface area (Å²) >= 11 is 1.74. The first-order valence-corrected chi connectivity index (χ1v) is 7.07. The van der Waals surface area contributed by atoms with Crippen LogP contribution in [-0.2, 0) is 5.75 Å². The van der Waals surface area contributed by atoms with Crippen molar-refractivity contribution in [3.05, 3.63) is 65.2 Å². The molecule has 2 rings (SSSR count). The maximum Gasteiger partial charge on any atom is 0.0991 e. The molecule has 1 unspecified atom stereocenters. The Balaban J connectivity index is 1.96. The number of rotatable bonds is 4. The second-order valence-corrected chi connectivity index (χ2v) is 5.39.